The van der Waals surface area contributed by atoms with Gasteiger partial charge in [0.2, 0.25) is 0 Å². The first-order valence-corrected chi connectivity index (χ1v) is 6.19. The van der Waals surface area contributed by atoms with Crippen LogP contribution in [-0.4, -0.2) is 36.6 Å². The molecule has 1 rings (SSSR count). The van der Waals surface area contributed by atoms with Crippen LogP contribution in [-0.2, 0) is 9.53 Å². The lowest BCUT2D eigenvalue weighted by Gasteiger charge is -2.33. The summed E-state index contributed by atoms with van der Waals surface area (Å²) in [5.74, 6) is 0.0828. The summed E-state index contributed by atoms with van der Waals surface area (Å²) < 4.78 is 5.45. The van der Waals surface area contributed by atoms with Crippen molar-refractivity contribution in [1.82, 2.24) is 4.90 Å². The van der Waals surface area contributed by atoms with Gasteiger partial charge in [0.05, 0.1) is 5.92 Å². The van der Waals surface area contributed by atoms with E-state index < -0.39 is 0 Å². The van der Waals surface area contributed by atoms with Gasteiger partial charge >= 0.3 is 5.97 Å². The Morgan fingerprint density at radius 2 is 1.88 bits per heavy atom. The molecule has 0 heterocycles. The molecule has 1 fully saturated rings. The summed E-state index contributed by atoms with van der Waals surface area (Å²) in [5.41, 5.74) is -0.359. The summed E-state index contributed by atoms with van der Waals surface area (Å²) in [5, 5.41) is 0. The van der Waals surface area contributed by atoms with E-state index in [1.54, 1.807) is 0 Å². The Hall–Kier alpha value is -0.570. The van der Waals surface area contributed by atoms with Crippen molar-refractivity contribution in [2.24, 2.45) is 5.92 Å². The highest BCUT2D eigenvalue weighted by Gasteiger charge is 2.31. The molecule has 0 aromatic rings. The second-order valence-electron chi connectivity index (χ2n) is 6.01. The van der Waals surface area contributed by atoms with Crippen molar-refractivity contribution >= 4 is 5.97 Å². The molecule has 0 saturated heterocycles. The molecule has 0 radical (unpaired) electrons. The summed E-state index contributed by atoms with van der Waals surface area (Å²) >= 11 is 0. The van der Waals surface area contributed by atoms with Crippen molar-refractivity contribution < 1.29 is 9.53 Å². The minimum absolute atomic E-state index is 0.0148. The number of carbonyl (C=O) groups is 1. The molecule has 0 aromatic carbocycles. The molecular formula is C13H25NO2. The van der Waals surface area contributed by atoms with Crippen LogP contribution >= 0.6 is 0 Å². The minimum Gasteiger partial charge on any atom is -0.460 e. The quantitative estimate of drug-likeness (QED) is 0.679. The Balaban J connectivity index is 2.50. The van der Waals surface area contributed by atoms with Crippen LogP contribution in [0, 0.1) is 5.92 Å². The molecule has 1 saturated carbocycles. The summed E-state index contributed by atoms with van der Waals surface area (Å²) in [4.78, 5) is 14.2. The first kappa shape index (κ1) is 13.5. The van der Waals surface area contributed by atoms with Crippen molar-refractivity contribution in [2.75, 3.05) is 14.1 Å². The predicted octanol–water partition coefficient (Wildman–Crippen LogP) is 2.45. The van der Waals surface area contributed by atoms with Gasteiger partial charge in [-0.2, -0.15) is 0 Å². The van der Waals surface area contributed by atoms with Gasteiger partial charge < -0.3 is 9.64 Å². The molecule has 1 aliphatic rings. The molecule has 3 heteroatoms. The Morgan fingerprint density at radius 1 is 1.25 bits per heavy atom. The van der Waals surface area contributed by atoms with Gasteiger partial charge in [0.1, 0.15) is 5.60 Å². The highest BCUT2D eigenvalue weighted by molar-refractivity contribution is 5.73. The van der Waals surface area contributed by atoms with Crippen molar-refractivity contribution in [3.8, 4) is 0 Å². The topological polar surface area (TPSA) is 29.5 Å². The van der Waals surface area contributed by atoms with E-state index >= 15 is 0 Å². The van der Waals surface area contributed by atoms with E-state index in [1.807, 2.05) is 20.8 Å². The fraction of sp³-hybridized carbons (Fsp3) is 0.923. The maximum absolute atomic E-state index is 11.9. The van der Waals surface area contributed by atoms with E-state index in [9.17, 15) is 4.79 Å². The third kappa shape index (κ3) is 4.12. The lowest BCUT2D eigenvalue weighted by molar-refractivity contribution is -0.161. The van der Waals surface area contributed by atoms with E-state index in [2.05, 4.69) is 19.0 Å². The molecule has 3 nitrogen and oxygen atoms in total. The van der Waals surface area contributed by atoms with E-state index in [1.165, 1.54) is 6.42 Å². The van der Waals surface area contributed by atoms with Gasteiger partial charge in [-0.05, 0) is 54.1 Å². The lowest BCUT2D eigenvalue weighted by atomic mass is 9.85. The monoisotopic (exact) mass is 227 g/mol. The number of ether oxygens (including phenoxy) is 1. The number of hydrogen-bond acceptors (Lipinski definition) is 3. The highest BCUT2D eigenvalue weighted by atomic mass is 16.6. The molecule has 0 amide bonds. The number of carbonyl (C=O) groups excluding carboxylic acids is 1. The first-order valence-electron chi connectivity index (χ1n) is 6.19. The standard InChI is InChI=1S/C13H25NO2/c1-13(2,3)16-12(15)10-7-6-8-11(9-10)14(4)5/h10-11H,6-9H2,1-5H3. The van der Waals surface area contributed by atoms with Crippen LogP contribution in [0.3, 0.4) is 0 Å². The van der Waals surface area contributed by atoms with E-state index in [0.717, 1.165) is 19.3 Å². The van der Waals surface area contributed by atoms with Crippen LogP contribution in [0.15, 0.2) is 0 Å². The molecule has 1 aliphatic carbocycles. The molecule has 0 N–H and O–H groups in total. The van der Waals surface area contributed by atoms with E-state index in [4.69, 9.17) is 4.74 Å². The van der Waals surface area contributed by atoms with Gasteiger partial charge in [0, 0.05) is 6.04 Å². The zero-order valence-corrected chi connectivity index (χ0v) is 11.2. The van der Waals surface area contributed by atoms with E-state index in [-0.39, 0.29) is 17.5 Å². The summed E-state index contributed by atoms with van der Waals surface area (Å²) in [6, 6.07) is 0.534. The van der Waals surface area contributed by atoms with Crippen molar-refractivity contribution in [3.05, 3.63) is 0 Å². The van der Waals surface area contributed by atoms with Gasteiger partial charge in [-0.25, -0.2) is 0 Å². The molecule has 0 spiro atoms. The Bertz CT molecular complexity index is 243. The molecule has 16 heavy (non-hydrogen) atoms. The number of hydrogen-bond donors (Lipinski definition) is 0. The average molecular weight is 227 g/mol. The van der Waals surface area contributed by atoms with Crippen LogP contribution in [0.5, 0.6) is 0 Å². The molecule has 2 atom stereocenters. The summed E-state index contributed by atoms with van der Waals surface area (Å²) in [6.45, 7) is 5.78. The SMILES string of the molecule is CN(C)C1CCCC(C(=O)OC(C)(C)C)C1. The zero-order chi connectivity index (χ0) is 12.3. The van der Waals surface area contributed by atoms with Gasteiger partial charge in [0.15, 0.2) is 0 Å². The fourth-order valence-electron chi connectivity index (χ4n) is 2.23. The third-order valence-corrected chi connectivity index (χ3v) is 3.12. The van der Waals surface area contributed by atoms with Gasteiger partial charge in [0.25, 0.3) is 0 Å². The highest BCUT2D eigenvalue weighted by Crippen LogP contribution is 2.28. The lowest BCUT2D eigenvalue weighted by Crippen LogP contribution is -2.38. The van der Waals surface area contributed by atoms with Crippen molar-refractivity contribution in [1.29, 1.82) is 0 Å². The van der Waals surface area contributed by atoms with Crippen molar-refractivity contribution in [2.45, 2.75) is 58.1 Å². The van der Waals surface area contributed by atoms with Gasteiger partial charge in [-0.3, -0.25) is 4.79 Å². The molecule has 0 bridgehead atoms. The largest absolute Gasteiger partial charge is 0.460 e. The third-order valence-electron chi connectivity index (χ3n) is 3.12. The van der Waals surface area contributed by atoms with Gasteiger partial charge in [-0.1, -0.05) is 6.42 Å². The number of nitrogens with zero attached hydrogens (tertiary/aromatic N) is 1. The van der Waals surface area contributed by atoms with E-state index in [0.29, 0.717) is 6.04 Å². The average Bonchev–Trinajstić information content (AvgIpc) is 2.15. The first-order chi connectivity index (χ1) is 7.29. The summed E-state index contributed by atoms with van der Waals surface area (Å²) in [6.07, 6.45) is 4.26. The van der Waals surface area contributed by atoms with Crippen molar-refractivity contribution in [3.63, 3.8) is 0 Å². The Kier molecular flexibility index (Phi) is 4.36. The number of esters is 1. The molecule has 0 aliphatic heterocycles. The smallest absolute Gasteiger partial charge is 0.309 e. The van der Waals surface area contributed by atoms with Crippen LogP contribution in [0.2, 0.25) is 0 Å². The summed E-state index contributed by atoms with van der Waals surface area (Å²) in [7, 11) is 4.17. The zero-order valence-electron chi connectivity index (χ0n) is 11.2. The normalized spacial score (nSPS) is 26.9. The second kappa shape index (κ2) is 5.17. The predicted molar refractivity (Wildman–Crippen MR) is 65.3 cm³/mol. The van der Waals surface area contributed by atoms with Crippen LogP contribution in [0.1, 0.15) is 46.5 Å². The molecule has 94 valence electrons. The molecule has 0 aromatic heterocycles. The maximum atomic E-state index is 11.9. The fourth-order valence-corrected chi connectivity index (χ4v) is 2.23. The molecule has 2 unspecified atom stereocenters. The van der Waals surface area contributed by atoms with Gasteiger partial charge in [-0.15, -0.1) is 0 Å². The minimum atomic E-state index is -0.359. The Morgan fingerprint density at radius 3 is 2.38 bits per heavy atom. The molecular weight excluding hydrogens is 202 g/mol. The van der Waals surface area contributed by atoms with Crippen LogP contribution in [0.4, 0.5) is 0 Å². The maximum Gasteiger partial charge on any atom is 0.309 e. The second-order valence-corrected chi connectivity index (χ2v) is 6.01. The number of rotatable bonds is 2. The Labute approximate surface area is 99.1 Å². The van der Waals surface area contributed by atoms with Crippen LogP contribution < -0.4 is 0 Å². The van der Waals surface area contributed by atoms with Crippen LogP contribution in [0.25, 0.3) is 0 Å².